The summed E-state index contributed by atoms with van der Waals surface area (Å²) in [5.41, 5.74) is 1.14. The summed E-state index contributed by atoms with van der Waals surface area (Å²) < 4.78 is 11.1. The molecule has 1 aromatic carbocycles. The highest BCUT2D eigenvalue weighted by molar-refractivity contribution is 7.47. The predicted molar refractivity (Wildman–Crippen MR) is 70.4 cm³/mol. The number of hydrogen-bond donors (Lipinski definition) is 0. The zero-order valence-electron chi connectivity index (χ0n) is 8.94. The Hall–Kier alpha value is 0.150. The summed E-state index contributed by atoms with van der Waals surface area (Å²) in [7, 11) is -0.907. The lowest BCUT2D eigenvalue weighted by Crippen LogP contribution is -1.99. The van der Waals surface area contributed by atoms with E-state index in [1.165, 1.54) is 0 Å². The minimum atomic E-state index is -0.907. The molecule has 0 radical (unpaired) electrons. The van der Waals surface area contributed by atoms with Crippen molar-refractivity contribution >= 4 is 31.6 Å². The lowest BCUT2D eigenvalue weighted by Gasteiger charge is -2.15. The molecule has 1 unspecified atom stereocenters. The average Bonchev–Trinajstić information content (AvgIpc) is 2.34. The Morgan fingerprint density at radius 2 is 1.75 bits per heavy atom. The number of benzene rings is 1. The van der Waals surface area contributed by atoms with Gasteiger partial charge in [0.15, 0.2) is 8.38 Å². The van der Waals surface area contributed by atoms with E-state index < -0.39 is 8.38 Å². The third kappa shape index (κ3) is 6.03. The average molecular weight is 281 g/mol. The normalized spacial score (nSPS) is 12.6. The van der Waals surface area contributed by atoms with Crippen molar-refractivity contribution in [2.75, 3.05) is 24.5 Å². The molecule has 0 aromatic heterocycles. The maximum atomic E-state index is 5.68. The molecule has 2 nitrogen and oxygen atoms in total. The van der Waals surface area contributed by atoms with Gasteiger partial charge < -0.3 is 9.05 Å². The number of halogens is 2. The second-order valence-electron chi connectivity index (χ2n) is 3.03. The van der Waals surface area contributed by atoms with Crippen LogP contribution in [0, 0.1) is 0 Å². The van der Waals surface area contributed by atoms with Crippen LogP contribution in [0.3, 0.4) is 0 Å². The number of hydrogen-bond acceptors (Lipinski definition) is 2. The maximum Gasteiger partial charge on any atom is 0.172 e. The Morgan fingerprint density at radius 3 is 2.38 bits per heavy atom. The van der Waals surface area contributed by atoms with Gasteiger partial charge in [-0.05, 0) is 5.56 Å². The zero-order valence-corrected chi connectivity index (χ0v) is 11.3. The molecule has 16 heavy (non-hydrogen) atoms. The molecule has 0 amide bonds. The van der Waals surface area contributed by atoms with Crippen molar-refractivity contribution in [3.05, 3.63) is 35.9 Å². The molecule has 0 heterocycles. The molecule has 0 fully saturated rings. The molecule has 5 heteroatoms. The molecule has 1 atom stereocenters. The highest BCUT2D eigenvalue weighted by Crippen LogP contribution is 2.39. The molecule has 0 bridgehead atoms. The minimum Gasteiger partial charge on any atom is -0.333 e. The van der Waals surface area contributed by atoms with Crippen LogP contribution in [0.2, 0.25) is 0 Å². The Balaban J connectivity index is 2.31. The van der Waals surface area contributed by atoms with E-state index in [0.29, 0.717) is 25.0 Å². The van der Waals surface area contributed by atoms with E-state index in [1.807, 2.05) is 30.3 Å². The fourth-order valence-electron chi connectivity index (χ4n) is 1.09. The van der Waals surface area contributed by atoms with Gasteiger partial charge in [0.1, 0.15) is 0 Å². The van der Waals surface area contributed by atoms with Gasteiger partial charge in [-0.2, -0.15) is 0 Å². The third-order valence-electron chi connectivity index (χ3n) is 1.80. The quantitative estimate of drug-likeness (QED) is 0.529. The smallest absolute Gasteiger partial charge is 0.172 e. The predicted octanol–water partition coefficient (Wildman–Crippen LogP) is 4.01. The van der Waals surface area contributed by atoms with Crippen molar-refractivity contribution < 1.29 is 9.05 Å². The van der Waals surface area contributed by atoms with E-state index in [1.54, 1.807) is 0 Å². The Bertz CT molecular complexity index is 272. The summed E-state index contributed by atoms with van der Waals surface area (Å²) in [6, 6.07) is 10.0. The minimum absolute atomic E-state index is 0.482. The summed E-state index contributed by atoms with van der Waals surface area (Å²) in [5.74, 6) is 1.03. The summed E-state index contributed by atoms with van der Waals surface area (Å²) in [5, 5.41) is 0. The van der Waals surface area contributed by atoms with E-state index in [9.17, 15) is 0 Å². The molecule has 0 aliphatic heterocycles. The third-order valence-corrected chi connectivity index (χ3v) is 3.88. The van der Waals surface area contributed by atoms with Crippen molar-refractivity contribution in [3.8, 4) is 0 Å². The first kappa shape index (κ1) is 14.2. The Kier molecular flexibility index (Phi) is 8.18. The lowest BCUT2D eigenvalue weighted by atomic mass is 10.2. The molecule has 0 N–H and O–H groups in total. The first-order chi connectivity index (χ1) is 7.86. The Morgan fingerprint density at radius 1 is 1.00 bits per heavy atom. The Labute approximate surface area is 108 Å². The zero-order chi connectivity index (χ0) is 11.6. The van der Waals surface area contributed by atoms with Crippen LogP contribution < -0.4 is 0 Å². The van der Waals surface area contributed by atoms with Gasteiger partial charge >= 0.3 is 0 Å². The van der Waals surface area contributed by atoms with Crippen LogP contribution in [0.15, 0.2) is 30.3 Å². The second kappa shape index (κ2) is 9.21. The molecular weight excluding hydrogens is 266 g/mol. The van der Waals surface area contributed by atoms with E-state index in [0.717, 1.165) is 11.7 Å². The lowest BCUT2D eigenvalue weighted by molar-refractivity contribution is 0.253. The fourth-order valence-corrected chi connectivity index (χ4v) is 2.75. The largest absolute Gasteiger partial charge is 0.333 e. The van der Waals surface area contributed by atoms with Crippen molar-refractivity contribution in [2.45, 2.75) is 6.61 Å². The van der Waals surface area contributed by atoms with E-state index in [2.05, 4.69) is 0 Å². The van der Waals surface area contributed by atoms with Crippen LogP contribution in [0.25, 0.3) is 0 Å². The second-order valence-corrected chi connectivity index (χ2v) is 5.41. The molecule has 0 spiro atoms. The van der Waals surface area contributed by atoms with E-state index in [4.69, 9.17) is 32.2 Å². The molecule has 0 aliphatic rings. The van der Waals surface area contributed by atoms with Gasteiger partial charge in [0.2, 0.25) is 0 Å². The first-order valence-corrected chi connectivity index (χ1v) is 7.49. The van der Waals surface area contributed by atoms with Crippen LogP contribution in [0.1, 0.15) is 5.56 Å². The highest BCUT2D eigenvalue weighted by atomic mass is 35.5. The molecule has 0 aliphatic carbocycles. The van der Waals surface area contributed by atoms with Crippen LogP contribution in [-0.4, -0.2) is 24.5 Å². The molecule has 90 valence electrons. The van der Waals surface area contributed by atoms with Crippen molar-refractivity contribution in [2.24, 2.45) is 0 Å². The van der Waals surface area contributed by atoms with Crippen LogP contribution in [-0.2, 0) is 15.7 Å². The van der Waals surface area contributed by atoms with Gasteiger partial charge in [0.25, 0.3) is 0 Å². The topological polar surface area (TPSA) is 18.5 Å². The van der Waals surface area contributed by atoms with Crippen LogP contribution in [0.4, 0.5) is 0 Å². The van der Waals surface area contributed by atoms with Gasteiger partial charge in [-0.1, -0.05) is 30.3 Å². The molecule has 0 saturated carbocycles. The number of alkyl halides is 2. The SMILES string of the molecule is ClCCOP(CCCl)OCc1ccccc1. The van der Waals surface area contributed by atoms with Gasteiger partial charge in [-0.25, -0.2) is 0 Å². The highest BCUT2D eigenvalue weighted by Gasteiger charge is 2.09. The molecular formula is C11H15Cl2O2P. The maximum absolute atomic E-state index is 5.68. The molecule has 1 aromatic rings. The van der Waals surface area contributed by atoms with E-state index in [-0.39, 0.29) is 0 Å². The van der Waals surface area contributed by atoms with Crippen molar-refractivity contribution in [3.63, 3.8) is 0 Å². The van der Waals surface area contributed by atoms with Gasteiger partial charge in [0.05, 0.1) is 13.2 Å². The fraction of sp³-hybridized carbons (Fsp3) is 0.455. The standard InChI is InChI=1S/C11H15Cl2O2P/c12-6-8-14-16(9-7-13)15-10-11-4-2-1-3-5-11/h1-5H,6-10H2. The molecule has 0 saturated heterocycles. The van der Waals surface area contributed by atoms with Gasteiger partial charge in [-0.3, -0.25) is 0 Å². The van der Waals surface area contributed by atoms with E-state index >= 15 is 0 Å². The summed E-state index contributed by atoms with van der Waals surface area (Å²) >= 11 is 11.2. The van der Waals surface area contributed by atoms with Crippen LogP contribution >= 0.6 is 31.6 Å². The monoisotopic (exact) mass is 280 g/mol. The summed E-state index contributed by atoms with van der Waals surface area (Å²) in [6.07, 6.45) is 0.737. The van der Waals surface area contributed by atoms with Gasteiger partial charge in [0, 0.05) is 17.9 Å². The number of rotatable bonds is 8. The van der Waals surface area contributed by atoms with Crippen molar-refractivity contribution in [1.82, 2.24) is 0 Å². The summed E-state index contributed by atoms with van der Waals surface area (Å²) in [4.78, 5) is 0. The van der Waals surface area contributed by atoms with Gasteiger partial charge in [-0.15, -0.1) is 23.2 Å². The molecule has 1 rings (SSSR count). The van der Waals surface area contributed by atoms with Crippen molar-refractivity contribution in [1.29, 1.82) is 0 Å². The first-order valence-electron chi connectivity index (χ1n) is 5.06. The van der Waals surface area contributed by atoms with Crippen LogP contribution in [0.5, 0.6) is 0 Å². The summed E-state index contributed by atoms with van der Waals surface area (Å²) in [6.45, 7) is 1.07.